The zero-order chi connectivity index (χ0) is 16.4. The topological polar surface area (TPSA) is 25.8 Å². The number of benzene rings is 2. The van der Waals surface area contributed by atoms with Gasteiger partial charge in [-0.2, -0.15) is 0 Å². The van der Waals surface area contributed by atoms with Gasteiger partial charge in [0.25, 0.3) is 0 Å². The number of nitrogens with zero attached hydrogens (tertiary/aromatic N) is 2. The molecule has 24 heavy (non-hydrogen) atoms. The Balaban J connectivity index is 1.71. The SMILES string of the molecule is Cc1nc(SCc2ccccc2)c2cc(-c3ccccc3)sc2n1. The smallest absolute Gasteiger partial charge is 0.128 e. The van der Waals surface area contributed by atoms with Crippen LogP contribution in [-0.4, -0.2) is 9.97 Å². The molecular formula is C20H16N2S2. The van der Waals surface area contributed by atoms with E-state index in [1.165, 1.54) is 16.0 Å². The summed E-state index contributed by atoms with van der Waals surface area (Å²) >= 11 is 3.52. The van der Waals surface area contributed by atoms with Gasteiger partial charge in [-0.1, -0.05) is 60.7 Å². The predicted octanol–water partition coefficient (Wildman–Crippen LogP) is 5.96. The number of hydrogen-bond acceptors (Lipinski definition) is 4. The Kier molecular flexibility index (Phi) is 4.32. The van der Waals surface area contributed by atoms with Crippen molar-refractivity contribution in [3.63, 3.8) is 0 Å². The Morgan fingerprint density at radius 2 is 1.62 bits per heavy atom. The van der Waals surface area contributed by atoms with Gasteiger partial charge in [0.05, 0.1) is 0 Å². The van der Waals surface area contributed by atoms with Crippen molar-refractivity contribution in [2.45, 2.75) is 17.7 Å². The van der Waals surface area contributed by atoms with Crippen molar-refractivity contribution < 1.29 is 0 Å². The van der Waals surface area contributed by atoms with Gasteiger partial charge in [-0.25, -0.2) is 9.97 Å². The van der Waals surface area contributed by atoms with Gasteiger partial charge >= 0.3 is 0 Å². The standard InChI is InChI=1S/C20H16N2S2/c1-14-21-19(23-13-15-8-4-2-5-9-15)17-12-18(24-20(17)22-14)16-10-6-3-7-11-16/h2-12H,13H2,1H3. The quantitative estimate of drug-likeness (QED) is 0.336. The van der Waals surface area contributed by atoms with Gasteiger partial charge in [0.2, 0.25) is 0 Å². The van der Waals surface area contributed by atoms with Gasteiger partial charge in [-0.15, -0.1) is 23.1 Å². The molecule has 0 spiro atoms. The van der Waals surface area contributed by atoms with E-state index in [1.54, 1.807) is 23.1 Å². The molecule has 0 saturated heterocycles. The molecule has 0 atom stereocenters. The van der Waals surface area contributed by atoms with Crippen LogP contribution in [0.1, 0.15) is 11.4 Å². The van der Waals surface area contributed by atoms with E-state index >= 15 is 0 Å². The summed E-state index contributed by atoms with van der Waals surface area (Å²) < 4.78 is 0. The van der Waals surface area contributed by atoms with Crippen molar-refractivity contribution in [2.24, 2.45) is 0 Å². The highest BCUT2D eigenvalue weighted by molar-refractivity contribution is 7.98. The first-order valence-corrected chi connectivity index (χ1v) is 9.60. The summed E-state index contributed by atoms with van der Waals surface area (Å²) in [6, 6.07) is 23.2. The summed E-state index contributed by atoms with van der Waals surface area (Å²) in [6.45, 7) is 1.97. The molecule has 2 heterocycles. The number of aryl methyl sites for hydroxylation is 1. The molecule has 0 saturated carbocycles. The Morgan fingerprint density at radius 3 is 2.38 bits per heavy atom. The highest BCUT2D eigenvalue weighted by atomic mass is 32.2. The summed E-state index contributed by atoms with van der Waals surface area (Å²) in [6.07, 6.45) is 0. The van der Waals surface area contributed by atoms with E-state index in [1.807, 2.05) is 19.1 Å². The Hall–Kier alpha value is -2.17. The van der Waals surface area contributed by atoms with Crippen LogP contribution < -0.4 is 0 Å². The van der Waals surface area contributed by atoms with Crippen LogP contribution in [0.15, 0.2) is 71.8 Å². The minimum atomic E-state index is 0.833. The Bertz CT molecular complexity index is 963. The van der Waals surface area contributed by atoms with E-state index in [-0.39, 0.29) is 0 Å². The molecule has 0 N–H and O–H groups in total. The lowest BCUT2D eigenvalue weighted by molar-refractivity contribution is 1.02. The average Bonchev–Trinajstić information content (AvgIpc) is 3.05. The third-order valence-corrected chi connectivity index (χ3v) is 5.89. The van der Waals surface area contributed by atoms with Gasteiger partial charge in [0, 0.05) is 16.0 Å². The number of aromatic nitrogens is 2. The molecule has 0 aliphatic heterocycles. The molecular weight excluding hydrogens is 332 g/mol. The second kappa shape index (κ2) is 6.75. The summed E-state index contributed by atoms with van der Waals surface area (Å²) in [7, 11) is 0. The second-order valence-electron chi connectivity index (χ2n) is 5.55. The largest absolute Gasteiger partial charge is 0.226 e. The van der Waals surface area contributed by atoms with Crippen LogP contribution in [0, 0.1) is 6.92 Å². The van der Waals surface area contributed by atoms with E-state index in [4.69, 9.17) is 0 Å². The number of fused-ring (bicyclic) bond motifs is 1. The fraction of sp³-hybridized carbons (Fsp3) is 0.100. The highest BCUT2D eigenvalue weighted by Crippen LogP contribution is 2.37. The van der Waals surface area contributed by atoms with Gasteiger partial charge in [0.1, 0.15) is 15.7 Å². The molecule has 0 fully saturated rings. The molecule has 0 bridgehead atoms. The summed E-state index contributed by atoms with van der Waals surface area (Å²) in [5, 5.41) is 2.23. The maximum Gasteiger partial charge on any atom is 0.128 e. The van der Waals surface area contributed by atoms with E-state index in [0.717, 1.165) is 26.8 Å². The Labute approximate surface area is 149 Å². The third-order valence-electron chi connectivity index (χ3n) is 3.75. The molecule has 0 radical (unpaired) electrons. The van der Waals surface area contributed by atoms with E-state index in [2.05, 4.69) is 64.6 Å². The lowest BCUT2D eigenvalue weighted by atomic mass is 10.2. The second-order valence-corrected chi connectivity index (χ2v) is 7.54. The summed E-state index contributed by atoms with van der Waals surface area (Å²) in [5.74, 6) is 1.75. The third kappa shape index (κ3) is 3.21. The minimum Gasteiger partial charge on any atom is -0.226 e. The predicted molar refractivity (Wildman–Crippen MR) is 104 cm³/mol. The van der Waals surface area contributed by atoms with E-state index in [9.17, 15) is 0 Å². The molecule has 2 nitrogen and oxygen atoms in total. The fourth-order valence-corrected chi connectivity index (χ4v) is 4.73. The van der Waals surface area contributed by atoms with Crippen LogP contribution in [0.5, 0.6) is 0 Å². The molecule has 2 aromatic carbocycles. The van der Waals surface area contributed by atoms with Crippen molar-refractivity contribution in [1.82, 2.24) is 9.97 Å². The van der Waals surface area contributed by atoms with E-state index < -0.39 is 0 Å². The molecule has 4 rings (SSSR count). The molecule has 0 amide bonds. The molecule has 2 aromatic heterocycles. The zero-order valence-corrected chi connectivity index (χ0v) is 14.9. The van der Waals surface area contributed by atoms with Crippen molar-refractivity contribution in [2.75, 3.05) is 0 Å². The van der Waals surface area contributed by atoms with Gasteiger partial charge in [0.15, 0.2) is 0 Å². The maximum absolute atomic E-state index is 4.68. The lowest BCUT2D eigenvalue weighted by Gasteiger charge is -2.03. The first kappa shape index (κ1) is 15.4. The summed E-state index contributed by atoms with van der Waals surface area (Å²) in [4.78, 5) is 11.6. The number of thioether (sulfide) groups is 1. The minimum absolute atomic E-state index is 0.833. The van der Waals surface area contributed by atoms with Crippen LogP contribution in [0.2, 0.25) is 0 Å². The maximum atomic E-state index is 4.68. The average molecular weight is 348 g/mol. The fourth-order valence-electron chi connectivity index (χ4n) is 2.58. The molecule has 0 unspecified atom stereocenters. The van der Waals surface area contributed by atoms with Crippen LogP contribution in [-0.2, 0) is 5.75 Å². The number of rotatable bonds is 4. The van der Waals surface area contributed by atoms with Crippen molar-refractivity contribution in [3.05, 3.63) is 78.1 Å². The highest BCUT2D eigenvalue weighted by Gasteiger charge is 2.12. The number of hydrogen-bond donors (Lipinski definition) is 0. The lowest BCUT2D eigenvalue weighted by Crippen LogP contribution is -1.90. The molecule has 4 heteroatoms. The van der Waals surface area contributed by atoms with Crippen LogP contribution in [0.3, 0.4) is 0 Å². The molecule has 4 aromatic rings. The zero-order valence-electron chi connectivity index (χ0n) is 13.3. The molecule has 118 valence electrons. The van der Waals surface area contributed by atoms with Gasteiger partial charge in [-0.05, 0) is 24.1 Å². The van der Waals surface area contributed by atoms with Crippen molar-refractivity contribution >= 4 is 33.3 Å². The Morgan fingerprint density at radius 1 is 0.917 bits per heavy atom. The van der Waals surface area contributed by atoms with E-state index in [0.29, 0.717) is 0 Å². The molecule has 0 aliphatic rings. The molecule has 0 aliphatic carbocycles. The van der Waals surface area contributed by atoms with Gasteiger partial charge in [-0.3, -0.25) is 0 Å². The first-order valence-electron chi connectivity index (χ1n) is 7.80. The van der Waals surface area contributed by atoms with Crippen molar-refractivity contribution in [3.8, 4) is 10.4 Å². The van der Waals surface area contributed by atoms with Crippen LogP contribution in [0.25, 0.3) is 20.7 Å². The monoisotopic (exact) mass is 348 g/mol. The first-order chi connectivity index (χ1) is 11.8. The van der Waals surface area contributed by atoms with Crippen molar-refractivity contribution in [1.29, 1.82) is 0 Å². The van der Waals surface area contributed by atoms with Gasteiger partial charge < -0.3 is 0 Å². The summed E-state index contributed by atoms with van der Waals surface area (Å²) in [5.41, 5.74) is 2.54. The number of thiophene rings is 1. The van der Waals surface area contributed by atoms with Crippen LogP contribution >= 0.6 is 23.1 Å². The normalized spacial score (nSPS) is 11.0. The van der Waals surface area contributed by atoms with Crippen LogP contribution in [0.4, 0.5) is 0 Å².